The number of oxazole rings is 1. The average molecular weight is 446 g/mol. The third-order valence-electron chi connectivity index (χ3n) is 5.70. The van der Waals surface area contributed by atoms with E-state index in [1.54, 1.807) is 12.1 Å². The van der Waals surface area contributed by atoms with Crippen molar-refractivity contribution in [2.45, 2.75) is 53.2 Å². The van der Waals surface area contributed by atoms with Crippen LogP contribution in [0.3, 0.4) is 0 Å². The van der Waals surface area contributed by atoms with E-state index in [4.69, 9.17) is 9.15 Å². The van der Waals surface area contributed by atoms with Crippen molar-refractivity contribution in [2.75, 3.05) is 32.7 Å². The third-order valence-corrected chi connectivity index (χ3v) is 5.70. The molecule has 176 valence electrons. The standard InChI is InChI=1S/C24H36FN5O2/c1-5-26-24(27-14-17(2)31-22-8-6-21(25)7-9-22)28-15-20-10-12-30(13-11-20)16-23-29-18(3)19(4)32-23/h6-9,17,20H,5,10-16H2,1-4H3,(H2,26,27,28). The summed E-state index contributed by atoms with van der Waals surface area (Å²) in [5.41, 5.74) is 0.978. The number of halogens is 1. The summed E-state index contributed by atoms with van der Waals surface area (Å²) in [5, 5.41) is 6.78. The molecule has 1 aliphatic heterocycles. The van der Waals surface area contributed by atoms with E-state index >= 15 is 0 Å². The van der Waals surface area contributed by atoms with E-state index in [0.29, 0.717) is 18.2 Å². The van der Waals surface area contributed by atoms with E-state index in [1.165, 1.54) is 12.1 Å². The van der Waals surface area contributed by atoms with Gasteiger partial charge in [0.2, 0.25) is 5.89 Å². The average Bonchev–Trinajstić information content (AvgIpc) is 3.09. The molecule has 1 atom stereocenters. The number of ether oxygens (including phenoxy) is 1. The lowest BCUT2D eigenvalue weighted by Crippen LogP contribution is -2.43. The predicted octanol–water partition coefficient (Wildman–Crippen LogP) is 3.67. The highest BCUT2D eigenvalue weighted by molar-refractivity contribution is 5.79. The van der Waals surface area contributed by atoms with Crippen molar-refractivity contribution in [1.29, 1.82) is 0 Å². The first-order chi connectivity index (χ1) is 15.4. The van der Waals surface area contributed by atoms with Crippen LogP contribution in [0.25, 0.3) is 0 Å². The number of aliphatic imine (C=N–C) groups is 1. The predicted molar refractivity (Wildman–Crippen MR) is 124 cm³/mol. The van der Waals surface area contributed by atoms with E-state index in [9.17, 15) is 4.39 Å². The van der Waals surface area contributed by atoms with Crippen LogP contribution in [0.1, 0.15) is 44.0 Å². The molecular weight excluding hydrogens is 409 g/mol. The Bertz CT molecular complexity index is 840. The van der Waals surface area contributed by atoms with Crippen LogP contribution in [0.4, 0.5) is 4.39 Å². The van der Waals surface area contributed by atoms with Gasteiger partial charge in [-0.15, -0.1) is 0 Å². The topological polar surface area (TPSA) is 74.9 Å². The number of piperidine rings is 1. The lowest BCUT2D eigenvalue weighted by Gasteiger charge is -2.31. The normalized spacial score (nSPS) is 16.7. The highest BCUT2D eigenvalue weighted by atomic mass is 19.1. The Morgan fingerprint density at radius 1 is 1.25 bits per heavy atom. The maximum absolute atomic E-state index is 13.0. The smallest absolute Gasteiger partial charge is 0.208 e. The van der Waals surface area contributed by atoms with Crippen LogP contribution in [-0.2, 0) is 6.54 Å². The van der Waals surface area contributed by atoms with Gasteiger partial charge in [-0.25, -0.2) is 14.4 Å². The number of aryl methyl sites for hydroxylation is 2. The van der Waals surface area contributed by atoms with Gasteiger partial charge in [0, 0.05) is 13.1 Å². The third kappa shape index (κ3) is 7.51. The monoisotopic (exact) mass is 445 g/mol. The second-order valence-corrected chi connectivity index (χ2v) is 8.45. The van der Waals surface area contributed by atoms with Crippen LogP contribution < -0.4 is 15.4 Å². The summed E-state index contributed by atoms with van der Waals surface area (Å²) in [6, 6.07) is 6.07. The molecule has 7 nitrogen and oxygen atoms in total. The molecule has 0 amide bonds. The van der Waals surface area contributed by atoms with Crippen molar-refractivity contribution in [3.8, 4) is 5.75 Å². The molecule has 0 saturated carbocycles. The molecule has 2 heterocycles. The van der Waals surface area contributed by atoms with E-state index < -0.39 is 0 Å². The highest BCUT2D eigenvalue weighted by Crippen LogP contribution is 2.19. The Kier molecular flexibility index (Phi) is 8.90. The second kappa shape index (κ2) is 11.9. The van der Waals surface area contributed by atoms with Gasteiger partial charge in [-0.1, -0.05) is 0 Å². The lowest BCUT2D eigenvalue weighted by atomic mass is 9.97. The summed E-state index contributed by atoms with van der Waals surface area (Å²) < 4.78 is 24.6. The molecule has 2 aromatic rings. The van der Waals surface area contributed by atoms with Crippen molar-refractivity contribution in [3.05, 3.63) is 47.4 Å². The minimum Gasteiger partial charge on any atom is -0.489 e. The number of nitrogens with zero attached hydrogens (tertiary/aromatic N) is 3. The zero-order valence-electron chi connectivity index (χ0n) is 19.7. The van der Waals surface area contributed by atoms with Crippen molar-refractivity contribution < 1.29 is 13.5 Å². The van der Waals surface area contributed by atoms with Gasteiger partial charge >= 0.3 is 0 Å². The Morgan fingerprint density at radius 2 is 1.97 bits per heavy atom. The van der Waals surface area contributed by atoms with Crippen LogP contribution >= 0.6 is 0 Å². The first-order valence-corrected chi connectivity index (χ1v) is 11.5. The summed E-state index contributed by atoms with van der Waals surface area (Å²) in [6.07, 6.45) is 2.16. The summed E-state index contributed by atoms with van der Waals surface area (Å²) in [5.74, 6) is 3.51. The summed E-state index contributed by atoms with van der Waals surface area (Å²) in [4.78, 5) is 11.6. The molecule has 1 aromatic heterocycles. The molecule has 32 heavy (non-hydrogen) atoms. The van der Waals surface area contributed by atoms with E-state index in [2.05, 4.69) is 32.4 Å². The maximum Gasteiger partial charge on any atom is 0.208 e. The molecule has 8 heteroatoms. The Balaban J connectivity index is 1.40. The van der Waals surface area contributed by atoms with Gasteiger partial charge < -0.3 is 19.8 Å². The lowest BCUT2D eigenvalue weighted by molar-refractivity contribution is 0.164. The van der Waals surface area contributed by atoms with Crippen molar-refractivity contribution in [3.63, 3.8) is 0 Å². The number of hydrogen-bond donors (Lipinski definition) is 2. The minimum absolute atomic E-state index is 0.110. The van der Waals surface area contributed by atoms with Crippen LogP contribution in [0, 0.1) is 25.6 Å². The minimum atomic E-state index is -0.268. The molecule has 3 rings (SSSR count). The Hall–Kier alpha value is -2.61. The fourth-order valence-corrected chi connectivity index (χ4v) is 3.73. The summed E-state index contributed by atoms with van der Waals surface area (Å²) in [6.45, 7) is 13.0. The van der Waals surface area contributed by atoms with Gasteiger partial charge in [-0.05, 0) is 83.8 Å². The number of hydrogen-bond acceptors (Lipinski definition) is 5. The van der Waals surface area contributed by atoms with Gasteiger partial charge in [0.25, 0.3) is 0 Å². The van der Waals surface area contributed by atoms with Crippen LogP contribution in [-0.4, -0.2) is 54.7 Å². The van der Waals surface area contributed by atoms with Gasteiger partial charge in [0.05, 0.1) is 18.8 Å². The largest absolute Gasteiger partial charge is 0.489 e. The number of benzene rings is 1. The molecule has 1 fully saturated rings. The molecule has 1 aliphatic rings. The highest BCUT2D eigenvalue weighted by Gasteiger charge is 2.21. The fourth-order valence-electron chi connectivity index (χ4n) is 3.73. The zero-order chi connectivity index (χ0) is 22.9. The molecule has 1 unspecified atom stereocenters. The first kappa shape index (κ1) is 24.0. The molecule has 0 spiro atoms. The number of nitrogens with one attached hydrogen (secondary N) is 2. The van der Waals surface area contributed by atoms with Crippen molar-refractivity contribution in [1.82, 2.24) is 20.5 Å². The molecule has 2 N–H and O–H groups in total. The molecule has 0 radical (unpaired) electrons. The maximum atomic E-state index is 13.0. The SMILES string of the molecule is CCNC(=NCC(C)Oc1ccc(F)cc1)NCC1CCN(Cc2nc(C)c(C)o2)CC1. The fraction of sp³-hybridized carbons (Fsp3) is 0.583. The Labute approximate surface area is 190 Å². The van der Waals surface area contributed by atoms with Crippen LogP contribution in [0.15, 0.2) is 33.7 Å². The molecule has 1 aromatic carbocycles. The van der Waals surface area contributed by atoms with E-state index in [0.717, 1.165) is 68.9 Å². The van der Waals surface area contributed by atoms with Gasteiger partial charge in [-0.3, -0.25) is 4.90 Å². The number of aromatic nitrogens is 1. The van der Waals surface area contributed by atoms with Crippen molar-refractivity contribution in [2.24, 2.45) is 10.9 Å². The first-order valence-electron chi connectivity index (χ1n) is 11.5. The van der Waals surface area contributed by atoms with Crippen LogP contribution in [0.2, 0.25) is 0 Å². The molecule has 0 aliphatic carbocycles. The number of guanidine groups is 1. The van der Waals surface area contributed by atoms with E-state index in [-0.39, 0.29) is 11.9 Å². The van der Waals surface area contributed by atoms with Crippen LogP contribution in [0.5, 0.6) is 5.75 Å². The van der Waals surface area contributed by atoms with Crippen molar-refractivity contribution >= 4 is 5.96 Å². The quantitative estimate of drug-likeness (QED) is 0.453. The zero-order valence-corrected chi connectivity index (χ0v) is 19.7. The number of rotatable bonds is 9. The Morgan fingerprint density at radius 3 is 2.59 bits per heavy atom. The molecular formula is C24H36FN5O2. The van der Waals surface area contributed by atoms with E-state index in [1.807, 2.05) is 20.8 Å². The summed E-state index contributed by atoms with van der Waals surface area (Å²) >= 11 is 0. The van der Waals surface area contributed by atoms with Gasteiger partial charge in [0.1, 0.15) is 23.4 Å². The second-order valence-electron chi connectivity index (χ2n) is 8.45. The molecule has 1 saturated heterocycles. The summed E-state index contributed by atoms with van der Waals surface area (Å²) in [7, 11) is 0. The van der Waals surface area contributed by atoms with Gasteiger partial charge in [-0.2, -0.15) is 0 Å². The molecule has 0 bridgehead atoms. The van der Waals surface area contributed by atoms with Gasteiger partial charge in [0.15, 0.2) is 5.96 Å². The number of likely N-dealkylation sites (tertiary alicyclic amines) is 1.